The fourth-order valence-corrected chi connectivity index (χ4v) is 2.13. The van der Waals surface area contributed by atoms with E-state index in [0.717, 1.165) is 9.39 Å². The molecule has 5 nitrogen and oxygen atoms in total. The summed E-state index contributed by atoms with van der Waals surface area (Å²) in [5.74, 6) is 0.00617. The van der Waals surface area contributed by atoms with Gasteiger partial charge in [0, 0.05) is 24.2 Å². The maximum Gasteiger partial charge on any atom is 0.407 e. The van der Waals surface area contributed by atoms with Crippen LogP contribution in [0.3, 0.4) is 0 Å². The summed E-state index contributed by atoms with van der Waals surface area (Å²) in [5, 5.41) is 2.67. The van der Waals surface area contributed by atoms with Gasteiger partial charge in [-0.25, -0.2) is 9.78 Å². The second-order valence-corrected chi connectivity index (χ2v) is 6.51. The molecule has 0 aromatic carbocycles. The lowest BCUT2D eigenvalue weighted by Gasteiger charge is -2.19. The number of carbonyl (C=O) groups excluding carboxylic acids is 2. The average Bonchev–Trinajstić information content (AvgIpc) is 2.25. The average molecular weight is 390 g/mol. The molecule has 0 aliphatic carbocycles. The molecule has 0 saturated carbocycles. The Labute approximate surface area is 132 Å². The number of pyridine rings is 1. The molecule has 6 heteroatoms. The summed E-state index contributed by atoms with van der Waals surface area (Å²) in [5.41, 5.74) is 0.904. The Hall–Kier alpha value is -1.18. The van der Waals surface area contributed by atoms with Crippen LogP contribution in [0.2, 0.25) is 0 Å². The first-order valence-corrected chi connectivity index (χ1v) is 7.39. The first-order valence-electron chi connectivity index (χ1n) is 6.31. The van der Waals surface area contributed by atoms with E-state index in [9.17, 15) is 9.59 Å². The third kappa shape index (κ3) is 6.31. The molecule has 1 aromatic heterocycles. The monoisotopic (exact) mass is 390 g/mol. The van der Waals surface area contributed by atoms with Crippen molar-refractivity contribution in [2.75, 3.05) is 6.54 Å². The molecule has 0 bridgehead atoms. The molecule has 0 radical (unpaired) electrons. The minimum absolute atomic E-state index is 0.00617. The number of amides is 1. The van der Waals surface area contributed by atoms with Crippen molar-refractivity contribution in [3.05, 3.63) is 27.1 Å². The molecule has 0 atom stereocenters. The van der Waals surface area contributed by atoms with Gasteiger partial charge in [0.25, 0.3) is 0 Å². The summed E-state index contributed by atoms with van der Waals surface area (Å²) < 4.78 is 5.90. The van der Waals surface area contributed by atoms with Crippen LogP contribution in [0.15, 0.2) is 12.1 Å². The zero-order chi connectivity index (χ0) is 15.3. The van der Waals surface area contributed by atoms with E-state index in [1.54, 1.807) is 12.1 Å². The standard InChI is InChI=1S/C14H19IN2O3/c1-9(18)10-7-11(17-12(15)8-10)5-6-16-13(19)20-14(2,3)4/h7-8H,5-6H2,1-4H3,(H,16,19). The highest BCUT2D eigenvalue weighted by Gasteiger charge is 2.15. The number of ether oxygens (including phenoxy) is 1. The number of hydrogen-bond acceptors (Lipinski definition) is 4. The minimum atomic E-state index is -0.508. The maximum atomic E-state index is 11.5. The Balaban J connectivity index is 2.54. The van der Waals surface area contributed by atoms with Crippen LogP contribution in [0.25, 0.3) is 0 Å². The van der Waals surface area contributed by atoms with Crippen molar-refractivity contribution < 1.29 is 14.3 Å². The Bertz CT molecular complexity index is 510. The maximum absolute atomic E-state index is 11.5. The summed E-state index contributed by atoms with van der Waals surface area (Å²) >= 11 is 2.07. The highest BCUT2D eigenvalue weighted by Crippen LogP contribution is 2.10. The van der Waals surface area contributed by atoms with Crippen LogP contribution in [-0.4, -0.2) is 29.0 Å². The van der Waals surface area contributed by atoms with Crippen molar-refractivity contribution in [3.63, 3.8) is 0 Å². The van der Waals surface area contributed by atoms with Gasteiger partial charge in [-0.05, 0) is 62.4 Å². The summed E-state index contributed by atoms with van der Waals surface area (Å²) in [4.78, 5) is 27.2. The summed E-state index contributed by atoms with van der Waals surface area (Å²) in [6.45, 7) is 7.37. The van der Waals surface area contributed by atoms with E-state index in [1.807, 2.05) is 20.8 Å². The Morgan fingerprint density at radius 3 is 2.55 bits per heavy atom. The summed E-state index contributed by atoms with van der Waals surface area (Å²) in [7, 11) is 0. The van der Waals surface area contributed by atoms with Crippen LogP contribution >= 0.6 is 22.6 Å². The summed E-state index contributed by atoms with van der Waals surface area (Å²) in [6.07, 6.45) is 0.103. The van der Waals surface area contributed by atoms with E-state index < -0.39 is 11.7 Å². The molecule has 1 rings (SSSR count). The van der Waals surface area contributed by atoms with Crippen LogP contribution in [0.1, 0.15) is 43.7 Å². The van der Waals surface area contributed by atoms with Crippen molar-refractivity contribution >= 4 is 34.5 Å². The predicted molar refractivity (Wildman–Crippen MR) is 84.9 cm³/mol. The van der Waals surface area contributed by atoms with Gasteiger partial charge in [-0.1, -0.05) is 0 Å². The molecule has 0 aliphatic heterocycles. The lowest BCUT2D eigenvalue weighted by atomic mass is 10.1. The third-order valence-corrected chi connectivity index (χ3v) is 2.86. The van der Waals surface area contributed by atoms with E-state index >= 15 is 0 Å². The molecule has 0 spiro atoms. The number of nitrogens with zero attached hydrogens (tertiary/aromatic N) is 1. The largest absolute Gasteiger partial charge is 0.444 e. The summed E-state index contributed by atoms with van der Waals surface area (Å²) in [6, 6.07) is 3.49. The number of halogens is 1. The van der Waals surface area contributed by atoms with Crippen LogP contribution in [-0.2, 0) is 11.2 Å². The molecule has 1 aromatic rings. The van der Waals surface area contributed by atoms with Gasteiger partial charge >= 0.3 is 6.09 Å². The number of carbonyl (C=O) groups is 2. The fourth-order valence-electron chi connectivity index (χ4n) is 1.49. The topological polar surface area (TPSA) is 68.3 Å². The van der Waals surface area contributed by atoms with Crippen LogP contribution < -0.4 is 5.32 Å². The van der Waals surface area contributed by atoms with Gasteiger partial charge in [0.15, 0.2) is 5.78 Å². The second kappa shape index (κ2) is 7.01. The Kier molecular flexibility index (Phi) is 5.91. The zero-order valence-electron chi connectivity index (χ0n) is 12.1. The highest BCUT2D eigenvalue weighted by molar-refractivity contribution is 14.1. The Morgan fingerprint density at radius 1 is 1.35 bits per heavy atom. The van der Waals surface area contributed by atoms with E-state index in [1.165, 1.54) is 6.92 Å². The number of rotatable bonds is 4. The molecule has 20 heavy (non-hydrogen) atoms. The van der Waals surface area contributed by atoms with Crippen LogP contribution in [0.5, 0.6) is 0 Å². The van der Waals surface area contributed by atoms with Crippen LogP contribution in [0, 0.1) is 3.70 Å². The number of ketones is 1. The van der Waals surface area contributed by atoms with E-state index in [-0.39, 0.29) is 5.78 Å². The molecular formula is C14H19IN2O3. The normalized spacial score (nSPS) is 11.1. The third-order valence-electron chi connectivity index (χ3n) is 2.30. The molecule has 1 amide bonds. The van der Waals surface area contributed by atoms with Gasteiger partial charge in [0.1, 0.15) is 9.30 Å². The van der Waals surface area contributed by atoms with E-state index in [0.29, 0.717) is 18.5 Å². The second-order valence-electron chi connectivity index (χ2n) is 5.40. The van der Waals surface area contributed by atoms with Crippen molar-refractivity contribution in [3.8, 4) is 0 Å². The SMILES string of the molecule is CC(=O)c1cc(I)nc(CCNC(=O)OC(C)(C)C)c1. The van der Waals surface area contributed by atoms with Crippen molar-refractivity contribution in [2.24, 2.45) is 0 Å². The molecule has 1 heterocycles. The predicted octanol–water partition coefficient (Wildman–Crippen LogP) is 2.96. The molecule has 0 unspecified atom stereocenters. The van der Waals surface area contributed by atoms with E-state index in [4.69, 9.17) is 4.74 Å². The molecule has 110 valence electrons. The number of aromatic nitrogens is 1. The number of Topliss-reactive ketones (excluding diaryl/α,β-unsaturated/α-hetero) is 1. The lowest BCUT2D eigenvalue weighted by molar-refractivity contribution is 0.0528. The van der Waals surface area contributed by atoms with Crippen molar-refractivity contribution in [1.29, 1.82) is 0 Å². The Morgan fingerprint density at radius 2 is 2.00 bits per heavy atom. The number of hydrogen-bond donors (Lipinski definition) is 1. The van der Waals surface area contributed by atoms with Gasteiger partial charge in [0.2, 0.25) is 0 Å². The van der Waals surface area contributed by atoms with Gasteiger partial charge in [-0.15, -0.1) is 0 Å². The highest BCUT2D eigenvalue weighted by atomic mass is 127. The van der Waals surface area contributed by atoms with E-state index in [2.05, 4.69) is 32.9 Å². The molecule has 0 fully saturated rings. The smallest absolute Gasteiger partial charge is 0.407 e. The van der Waals surface area contributed by atoms with Crippen LogP contribution in [0.4, 0.5) is 4.79 Å². The van der Waals surface area contributed by atoms with Gasteiger partial charge < -0.3 is 10.1 Å². The molecule has 0 saturated heterocycles. The number of alkyl carbamates (subject to hydrolysis) is 1. The first-order chi connectivity index (χ1) is 9.17. The molecule has 0 aliphatic rings. The van der Waals surface area contributed by atoms with Gasteiger partial charge in [-0.2, -0.15) is 0 Å². The lowest BCUT2D eigenvalue weighted by Crippen LogP contribution is -2.33. The van der Waals surface area contributed by atoms with Gasteiger partial charge in [-0.3, -0.25) is 4.79 Å². The van der Waals surface area contributed by atoms with Crippen molar-refractivity contribution in [1.82, 2.24) is 10.3 Å². The molecule has 1 N–H and O–H groups in total. The van der Waals surface area contributed by atoms with Gasteiger partial charge in [0.05, 0.1) is 0 Å². The zero-order valence-corrected chi connectivity index (χ0v) is 14.3. The quantitative estimate of drug-likeness (QED) is 0.488. The number of nitrogens with one attached hydrogen (secondary N) is 1. The minimum Gasteiger partial charge on any atom is -0.444 e. The molecular weight excluding hydrogens is 371 g/mol. The fraction of sp³-hybridized carbons (Fsp3) is 0.500. The van der Waals surface area contributed by atoms with Crippen molar-refractivity contribution in [2.45, 2.75) is 39.7 Å². The first kappa shape index (κ1) is 16.9.